The first-order valence-corrected chi connectivity index (χ1v) is 9.97. The molecule has 1 amide bonds. The number of anilines is 1. The highest BCUT2D eigenvalue weighted by Crippen LogP contribution is 2.21. The summed E-state index contributed by atoms with van der Waals surface area (Å²) in [5, 5.41) is 5.36. The van der Waals surface area contributed by atoms with Crippen LogP contribution in [0.5, 0.6) is 0 Å². The van der Waals surface area contributed by atoms with Crippen molar-refractivity contribution < 1.29 is 13.2 Å². The van der Waals surface area contributed by atoms with E-state index in [1.807, 2.05) is 19.2 Å². The Hall–Kier alpha value is -1.48. The summed E-state index contributed by atoms with van der Waals surface area (Å²) in [4.78, 5) is 16.5. The standard InChI is InChI=1S/C15H18ClN3O3S2/c1-9(2)13-8-23-15(17-13)18-14(20)10(3)19-24(21,22)12-6-4-11(16)5-7-12/h4-10,19H,1-3H3,(H,17,18,20)/t10-/m1/s1. The molecule has 0 saturated heterocycles. The predicted octanol–water partition coefficient (Wildman–Crippen LogP) is 3.23. The number of hydrogen-bond acceptors (Lipinski definition) is 5. The van der Waals surface area contributed by atoms with Crippen molar-refractivity contribution in [3.8, 4) is 0 Å². The molecular weight excluding hydrogens is 370 g/mol. The van der Waals surface area contributed by atoms with E-state index < -0.39 is 22.0 Å². The number of thiazole rings is 1. The fourth-order valence-electron chi connectivity index (χ4n) is 1.79. The Morgan fingerprint density at radius 1 is 1.21 bits per heavy atom. The predicted molar refractivity (Wildman–Crippen MR) is 96.1 cm³/mol. The number of carbonyl (C=O) groups is 1. The molecule has 0 bridgehead atoms. The minimum atomic E-state index is -3.81. The minimum Gasteiger partial charge on any atom is -0.301 e. The van der Waals surface area contributed by atoms with Crippen molar-refractivity contribution in [1.82, 2.24) is 9.71 Å². The highest BCUT2D eigenvalue weighted by molar-refractivity contribution is 7.89. The van der Waals surface area contributed by atoms with E-state index >= 15 is 0 Å². The van der Waals surface area contributed by atoms with Crippen LogP contribution in [0.1, 0.15) is 32.4 Å². The monoisotopic (exact) mass is 387 g/mol. The molecule has 24 heavy (non-hydrogen) atoms. The van der Waals surface area contributed by atoms with Crippen LogP contribution in [0.2, 0.25) is 5.02 Å². The van der Waals surface area contributed by atoms with Crippen molar-refractivity contribution >= 4 is 44.0 Å². The van der Waals surface area contributed by atoms with E-state index in [-0.39, 0.29) is 10.8 Å². The number of amides is 1. The smallest absolute Gasteiger partial charge is 0.244 e. The summed E-state index contributed by atoms with van der Waals surface area (Å²) >= 11 is 7.05. The van der Waals surface area contributed by atoms with Crippen LogP contribution in [0.15, 0.2) is 34.5 Å². The third kappa shape index (κ3) is 4.76. The molecule has 0 aliphatic heterocycles. The molecule has 0 radical (unpaired) electrons. The van der Waals surface area contributed by atoms with Gasteiger partial charge in [0.1, 0.15) is 0 Å². The van der Waals surface area contributed by atoms with Gasteiger partial charge in [-0.2, -0.15) is 4.72 Å². The lowest BCUT2D eigenvalue weighted by Crippen LogP contribution is -2.41. The topological polar surface area (TPSA) is 88.2 Å². The van der Waals surface area contributed by atoms with E-state index in [2.05, 4.69) is 15.0 Å². The number of nitrogens with zero attached hydrogens (tertiary/aromatic N) is 1. The van der Waals surface area contributed by atoms with Gasteiger partial charge < -0.3 is 5.32 Å². The Bertz CT molecular complexity index is 817. The highest BCUT2D eigenvalue weighted by Gasteiger charge is 2.22. The van der Waals surface area contributed by atoms with E-state index in [0.29, 0.717) is 10.2 Å². The lowest BCUT2D eigenvalue weighted by Gasteiger charge is -2.13. The molecule has 0 aliphatic rings. The van der Waals surface area contributed by atoms with E-state index in [4.69, 9.17) is 11.6 Å². The molecular formula is C15H18ClN3O3S2. The van der Waals surface area contributed by atoms with Crippen LogP contribution in [0.25, 0.3) is 0 Å². The second-order valence-electron chi connectivity index (χ2n) is 5.52. The Morgan fingerprint density at radius 3 is 2.38 bits per heavy atom. The molecule has 0 fully saturated rings. The number of rotatable bonds is 6. The maximum atomic E-state index is 12.3. The molecule has 2 N–H and O–H groups in total. The molecule has 0 unspecified atom stereocenters. The quantitative estimate of drug-likeness (QED) is 0.796. The SMILES string of the molecule is CC(C)c1csc(NC(=O)[C@@H](C)NS(=O)(=O)c2ccc(Cl)cc2)n1. The zero-order valence-electron chi connectivity index (χ0n) is 13.4. The zero-order chi connectivity index (χ0) is 17.9. The summed E-state index contributed by atoms with van der Waals surface area (Å²) < 4.78 is 26.8. The fraction of sp³-hybridized carbons (Fsp3) is 0.333. The van der Waals surface area contributed by atoms with Crippen LogP contribution >= 0.6 is 22.9 Å². The van der Waals surface area contributed by atoms with E-state index in [9.17, 15) is 13.2 Å². The highest BCUT2D eigenvalue weighted by atomic mass is 35.5. The molecule has 1 aromatic heterocycles. The fourth-order valence-corrected chi connectivity index (χ4v) is 3.99. The number of halogens is 1. The maximum absolute atomic E-state index is 12.3. The van der Waals surface area contributed by atoms with Gasteiger partial charge in [-0.25, -0.2) is 13.4 Å². The van der Waals surface area contributed by atoms with Crippen LogP contribution in [0, 0.1) is 0 Å². The van der Waals surface area contributed by atoms with Crippen LogP contribution in [0.4, 0.5) is 5.13 Å². The van der Waals surface area contributed by atoms with Gasteiger partial charge in [-0.1, -0.05) is 25.4 Å². The Kier molecular flexibility index (Phi) is 5.97. The molecule has 6 nitrogen and oxygen atoms in total. The van der Waals surface area contributed by atoms with E-state index in [1.54, 1.807) is 0 Å². The molecule has 9 heteroatoms. The Morgan fingerprint density at radius 2 is 1.83 bits per heavy atom. The molecule has 1 aromatic carbocycles. The van der Waals surface area contributed by atoms with Gasteiger partial charge in [-0.15, -0.1) is 11.3 Å². The molecule has 1 heterocycles. The third-order valence-electron chi connectivity index (χ3n) is 3.19. The molecule has 0 saturated carbocycles. The summed E-state index contributed by atoms with van der Waals surface area (Å²) in [6.45, 7) is 5.48. The second kappa shape index (κ2) is 7.60. The number of carbonyl (C=O) groups excluding carboxylic acids is 1. The number of aromatic nitrogens is 1. The molecule has 130 valence electrons. The first-order valence-electron chi connectivity index (χ1n) is 7.23. The lowest BCUT2D eigenvalue weighted by atomic mass is 10.2. The first-order chi connectivity index (χ1) is 11.2. The zero-order valence-corrected chi connectivity index (χ0v) is 15.8. The maximum Gasteiger partial charge on any atom is 0.244 e. The number of hydrogen-bond donors (Lipinski definition) is 2. The third-order valence-corrected chi connectivity index (χ3v) is 5.78. The second-order valence-corrected chi connectivity index (χ2v) is 8.53. The average molecular weight is 388 g/mol. The first kappa shape index (κ1) is 18.9. The molecule has 0 spiro atoms. The largest absolute Gasteiger partial charge is 0.301 e. The van der Waals surface area contributed by atoms with Gasteiger partial charge in [0.05, 0.1) is 16.6 Å². The Balaban J connectivity index is 2.03. The van der Waals surface area contributed by atoms with Gasteiger partial charge in [0, 0.05) is 10.4 Å². The van der Waals surface area contributed by atoms with Crippen molar-refractivity contribution in [1.29, 1.82) is 0 Å². The van der Waals surface area contributed by atoms with Crippen molar-refractivity contribution in [2.24, 2.45) is 0 Å². The van der Waals surface area contributed by atoms with Gasteiger partial charge in [0.25, 0.3) is 0 Å². The van der Waals surface area contributed by atoms with Gasteiger partial charge in [-0.05, 0) is 37.1 Å². The van der Waals surface area contributed by atoms with Crippen LogP contribution in [-0.2, 0) is 14.8 Å². The van der Waals surface area contributed by atoms with Crippen molar-refractivity contribution in [2.75, 3.05) is 5.32 Å². The van der Waals surface area contributed by atoms with Crippen LogP contribution < -0.4 is 10.0 Å². The van der Waals surface area contributed by atoms with Gasteiger partial charge in [0.15, 0.2) is 5.13 Å². The van der Waals surface area contributed by atoms with E-state index in [0.717, 1.165) is 5.69 Å². The summed E-state index contributed by atoms with van der Waals surface area (Å²) in [5.74, 6) is -0.218. The van der Waals surface area contributed by atoms with Crippen molar-refractivity contribution in [2.45, 2.75) is 37.6 Å². The van der Waals surface area contributed by atoms with E-state index in [1.165, 1.54) is 42.5 Å². The average Bonchev–Trinajstić information content (AvgIpc) is 2.96. The number of sulfonamides is 1. The molecule has 2 rings (SSSR count). The normalized spacial score (nSPS) is 13.0. The van der Waals surface area contributed by atoms with Crippen LogP contribution in [-0.4, -0.2) is 25.4 Å². The van der Waals surface area contributed by atoms with Gasteiger partial charge in [-0.3, -0.25) is 4.79 Å². The van der Waals surface area contributed by atoms with Gasteiger partial charge in [0.2, 0.25) is 15.9 Å². The summed E-state index contributed by atoms with van der Waals surface area (Å²) in [6.07, 6.45) is 0. The summed E-state index contributed by atoms with van der Waals surface area (Å²) in [5.41, 5.74) is 0.879. The Labute approximate surface area is 150 Å². The number of benzene rings is 1. The van der Waals surface area contributed by atoms with Crippen molar-refractivity contribution in [3.63, 3.8) is 0 Å². The lowest BCUT2D eigenvalue weighted by molar-refractivity contribution is -0.117. The molecule has 0 aliphatic carbocycles. The van der Waals surface area contributed by atoms with Crippen molar-refractivity contribution in [3.05, 3.63) is 40.4 Å². The molecule has 1 atom stereocenters. The summed E-state index contributed by atoms with van der Waals surface area (Å²) in [6, 6.07) is 4.76. The molecule has 2 aromatic rings. The number of nitrogens with one attached hydrogen (secondary N) is 2. The summed E-state index contributed by atoms with van der Waals surface area (Å²) in [7, 11) is -3.81. The van der Waals surface area contributed by atoms with Crippen LogP contribution in [0.3, 0.4) is 0 Å². The minimum absolute atomic E-state index is 0.0443. The van der Waals surface area contributed by atoms with Gasteiger partial charge >= 0.3 is 0 Å².